The molecule has 0 aliphatic carbocycles. The first-order chi connectivity index (χ1) is 10.8. The molecule has 1 aromatic heterocycles. The smallest absolute Gasteiger partial charge is 0.273 e. The third-order valence-electron chi connectivity index (χ3n) is 3.07. The first kappa shape index (κ1) is 18.2. The van der Waals surface area contributed by atoms with Crippen molar-refractivity contribution < 1.29 is 13.2 Å². The van der Waals surface area contributed by atoms with Crippen molar-refractivity contribution in [1.29, 1.82) is 0 Å². The molecule has 0 unspecified atom stereocenters. The summed E-state index contributed by atoms with van der Waals surface area (Å²) in [7, 11) is -4.02. The van der Waals surface area contributed by atoms with Crippen LogP contribution in [0.3, 0.4) is 0 Å². The molecule has 124 valence electrons. The molecule has 0 aliphatic heterocycles. The minimum atomic E-state index is -4.02. The Hall–Kier alpha value is -1.12. The highest BCUT2D eigenvalue weighted by Gasteiger charge is 2.21. The van der Waals surface area contributed by atoms with Crippen LogP contribution in [0.5, 0.6) is 0 Å². The predicted molar refractivity (Wildman–Crippen MR) is 92.7 cm³/mol. The van der Waals surface area contributed by atoms with Crippen LogP contribution >= 0.6 is 34.5 Å². The van der Waals surface area contributed by atoms with E-state index in [-0.39, 0.29) is 14.9 Å². The molecular formula is C14H14Cl2N2O3S2. The van der Waals surface area contributed by atoms with Gasteiger partial charge in [-0.3, -0.25) is 10.2 Å². The number of carbonyl (C=O) groups excluding carboxylic acids is 1. The van der Waals surface area contributed by atoms with Gasteiger partial charge in [0.15, 0.2) is 0 Å². The number of thiophene rings is 1. The van der Waals surface area contributed by atoms with Crippen LogP contribution in [-0.2, 0) is 16.4 Å². The van der Waals surface area contributed by atoms with Crippen LogP contribution in [0, 0.1) is 6.92 Å². The lowest BCUT2D eigenvalue weighted by atomic mass is 10.2. The van der Waals surface area contributed by atoms with E-state index < -0.39 is 15.9 Å². The molecule has 1 amide bonds. The summed E-state index contributed by atoms with van der Waals surface area (Å²) in [5.41, 5.74) is 3.18. The standard InChI is InChI=1S/C14H14Cl2N2O3S2/c1-3-10-8(2)7-11(22-10)14(19)17-18-23(20,21)12-6-4-5-9(15)13(12)16/h4-7,18H,3H2,1-2H3,(H,17,19). The van der Waals surface area contributed by atoms with E-state index >= 15 is 0 Å². The molecule has 0 saturated heterocycles. The summed E-state index contributed by atoms with van der Waals surface area (Å²) >= 11 is 13.0. The molecule has 0 radical (unpaired) electrons. The van der Waals surface area contributed by atoms with Crippen molar-refractivity contribution >= 4 is 50.5 Å². The number of halogens is 2. The first-order valence-electron chi connectivity index (χ1n) is 6.61. The Kier molecular flexibility index (Phi) is 5.70. The Bertz CT molecular complexity index is 848. The molecular weight excluding hydrogens is 379 g/mol. The molecule has 2 rings (SSSR count). The molecule has 1 aromatic carbocycles. The van der Waals surface area contributed by atoms with Gasteiger partial charge in [0.05, 0.1) is 14.9 Å². The Morgan fingerprint density at radius 1 is 1.30 bits per heavy atom. The average molecular weight is 393 g/mol. The van der Waals surface area contributed by atoms with Crippen molar-refractivity contribution in [3.05, 3.63) is 49.6 Å². The molecule has 9 heteroatoms. The van der Waals surface area contributed by atoms with E-state index in [1.807, 2.05) is 18.7 Å². The second kappa shape index (κ2) is 7.19. The Morgan fingerprint density at radius 2 is 2.00 bits per heavy atom. The Labute approximate surface area is 148 Å². The molecule has 0 fully saturated rings. The summed E-state index contributed by atoms with van der Waals surface area (Å²) in [6, 6.07) is 5.95. The zero-order valence-corrected chi connectivity index (χ0v) is 15.5. The predicted octanol–water partition coefficient (Wildman–Crippen LogP) is 3.55. The number of benzene rings is 1. The fourth-order valence-electron chi connectivity index (χ4n) is 1.90. The van der Waals surface area contributed by atoms with Gasteiger partial charge >= 0.3 is 0 Å². The zero-order valence-electron chi connectivity index (χ0n) is 12.3. The SMILES string of the molecule is CCc1sc(C(=O)NNS(=O)(=O)c2cccc(Cl)c2Cl)cc1C. The second-order valence-electron chi connectivity index (χ2n) is 4.68. The minimum absolute atomic E-state index is 0.101. The topological polar surface area (TPSA) is 75.3 Å². The summed E-state index contributed by atoms with van der Waals surface area (Å²) in [6.07, 6.45) is 0.813. The second-order valence-corrected chi connectivity index (χ2v) is 8.25. The van der Waals surface area contributed by atoms with Crippen LogP contribution in [0.4, 0.5) is 0 Å². The summed E-state index contributed by atoms with van der Waals surface area (Å²) in [5, 5.41) is 0.0125. The van der Waals surface area contributed by atoms with E-state index in [1.54, 1.807) is 6.07 Å². The molecule has 0 bridgehead atoms. The lowest BCUT2D eigenvalue weighted by Crippen LogP contribution is -2.41. The van der Waals surface area contributed by atoms with Gasteiger partial charge in [-0.25, -0.2) is 8.42 Å². The van der Waals surface area contributed by atoms with Crippen molar-refractivity contribution in [2.75, 3.05) is 0 Å². The van der Waals surface area contributed by atoms with Crippen molar-refractivity contribution in [2.45, 2.75) is 25.2 Å². The highest BCUT2D eigenvalue weighted by atomic mass is 35.5. The van der Waals surface area contributed by atoms with E-state index in [9.17, 15) is 13.2 Å². The number of hydrogen-bond donors (Lipinski definition) is 2. The molecule has 0 atom stereocenters. The van der Waals surface area contributed by atoms with Gasteiger partial charge in [-0.2, -0.15) is 0 Å². The Balaban J connectivity index is 2.15. The van der Waals surface area contributed by atoms with Gasteiger partial charge in [0.1, 0.15) is 4.90 Å². The Morgan fingerprint density at radius 3 is 2.61 bits per heavy atom. The van der Waals surface area contributed by atoms with E-state index in [2.05, 4.69) is 5.43 Å². The van der Waals surface area contributed by atoms with E-state index in [1.165, 1.54) is 29.5 Å². The summed E-state index contributed by atoms with van der Waals surface area (Å²) in [5.74, 6) is -0.528. The molecule has 23 heavy (non-hydrogen) atoms. The summed E-state index contributed by atoms with van der Waals surface area (Å²) in [4.78, 5) is 15.4. The molecule has 2 N–H and O–H groups in total. The molecule has 0 spiro atoms. The third-order valence-corrected chi connectivity index (χ3v) is 6.67. The van der Waals surface area contributed by atoms with E-state index in [4.69, 9.17) is 23.2 Å². The highest BCUT2D eigenvalue weighted by Crippen LogP contribution is 2.28. The van der Waals surface area contributed by atoms with Crippen molar-refractivity contribution in [3.63, 3.8) is 0 Å². The van der Waals surface area contributed by atoms with Gasteiger partial charge in [0.25, 0.3) is 15.9 Å². The van der Waals surface area contributed by atoms with Crippen LogP contribution in [0.25, 0.3) is 0 Å². The van der Waals surface area contributed by atoms with Gasteiger partial charge in [-0.1, -0.05) is 36.2 Å². The van der Waals surface area contributed by atoms with Gasteiger partial charge in [-0.15, -0.1) is 16.2 Å². The van der Waals surface area contributed by atoms with Gasteiger partial charge in [0, 0.05) is 4.88 Å². The number of aryl methyl sites for hydroxylation is 2. The van der Waals surface area contributed by atoms with Crippen molar-refractivity contribution in [2.24, 2.45) is 0 Å². The van der Waals surface area contributed by atoms with E-state index in [0.717, 1.165) is 16.9 Å². The number of nitrogens with one attached hydrogen (secondary N) is 2. The van der Waals surface area contributed by atoms with Crippen LogP contribution < -0.4 is 10.3 Å². The number of hydrazine groups is 1. The monoisotopic (exact) mass is 392 g/mol. The van der Waals surface area contributed by atoms with Gasteiger partial charge in [-0.05, 0) is 37.1 Å². The molecule has 0 aliphatic rings. The normalized spacial score (nSPS) is 11.5. The van der Waals surface area contributed by atoms with Crippen LogP contribution in [0.2, 0.25) is 10.0 Å². The molecule has 0 saturated carbocycles. The maximum absolute atomic E-state index is 12.2. The van der Waals surface area contributed by atoms with Crippen LogP contribution in [0.15, 0.2) is 29.2 Å². The molecule has 1 heterocycles. The largest absolute Gasteiger partial charge is 0.276 e. The zero-order chi connectivity index (χ0) is 17.2. The van der Waals surface area contributed by atoms with Crippen molar-refractivity contribution in [3.8, 4) is 0 Å². The third kappa shape index (κ3) is 4.05. The lowest BCUT2D eigenvalue weighted by molar-refractivity contribution is 0.0949. The lowest BCUT2D eigenvalue weighted by Gasteiger charge is -2.09. The van der Waals surface area contributed by atoms with Gasteiger partial charge in [0.2, 0.25) is 0 Å². The van der Waals surface area contributed by atoms with Crippen LogP contribution in [-0.4, -0.2) is 14.3 Å². The number of sulfonamides is 1. The number of hydrogen-bond acceptors (Lipinski definition) is 4. The number of amides is 1. The maximum atomic E-state index is 12.2. The summed E-state index contributed by atoms with van der Waals surface area (Å²) in [6.45, 7) is 3.90. The fraction of sp³-hybridized carbons (Fsp3) is 0.214. The average Bonchev–Trinajstić information content (AvgIpc) is 2.88. The molecule has 5 nitrogen and oxygen atoms in total. The quantitative estimate of drug-likeness (QED) is 0.763. The minimum Gasteiger partial charge on any atom is -0.273 e. The molecule has 2 aromatic rings. The maximum Gasteiger partial charge on any atom is 0.276 e. The van der Waals surface area contributed by atoms with Crippen molar-refractivity contribution in [1.82, 2.24) is 10.3 Å². The highest BCUT2D eigenvalue weighted by molar-refractivity contribution is 7.89. The first-order valence-corrected chi connectivity index (χ1v) is 9.67. The van der Waals surface area contributed by atoms with Gasteiger partial charge < -0.3 is 0 Å². The number of carbonyl (C=O) groups is 1. The number of rotatable bonds is 5. The summed E-state index contributed by atoms with van der Waals surface area (Å²) < 4.78 is 24.4. The fourth-order valence-corrected chi connectivity index (χ4v) is 4.52. The van der Waals surface area contributed by atoms with Crippen LogP contribution in [0.1, 0.15) is 27.0 Å². The van der Waals surface area contributed by atoms with E-state index in [0.29, 0.717) is 4.88 Å².